The van der Waals surface area contributed by atoms with Crippen molar-refractivity contribution in [3.8, 4) is 0 Å². The Morgan fingerprint density at radius 3 is 2.24 bits per heavy atom. The van der Waals surface area contributed by atoms with Gasteiger partial charge in [0, 0.05) is 30.4 Å². The van der Waals surface area contributed by atoms with Crippen LogP contribution >= 0.6 is 0 Å². The highest BCUT2D eigenvalue weighted by Gasteiger charge is 2.24. The van der Waals surface area contributed by atoms with E-state index in [-0.39, 0.29) is 23.8 Å². The summed E-state index contributed by atoms with van der Waals surface area (Å²) in [5.74, 6) is -0.323. The van der Waals surface area contributed by atoms with Crippen LogP contribution in [0, 0.1) is 5.82 Å². The topological polar surface area (TPSA) is 61.4 Å². The van der Waals surface area contributed by atoms with Gasteiger partial charge < -0.3 is 15.5 Å². The highest BCUT2D eigenvalue weighted by Crippen LogP contribution is 2.14. The molecule has 25 heavy (non-hydrogen) atoms. The van der Waals surface area contributed by atoms with Crippen LogP contribution < -0.4 is 10.6 Å². The number of hydrogen-bond donors (Lipinski definition) is 2. The summed E-state index contributed by atoms with van der Waals surface area (Å²) >= 11 is 0. The minimum absolute atomic E-state index is 0.0141. The molecule has 1 heterocycles. The van der Waals surface area contributed by atoms with Crippen LogP contribution in [0.5, 0.6) is 0 Å². The zero-order chi connectivity index (χ0) is 17.6. The summed E-state index contributed by atoms with van der Waals surface area (Å²) in [5, 5.41) is 5.58. The Kier molecular flexibility index (Phi) is 5.28. The molecular weight excluding hydrogens is 321 g/mol. The molecule has 5 nitrogen and oxygen atoms in total. The van der Waals surface area contributed by atoms with Crippen LogP contribution in [0.4, 0.5) is 14.9 Å². The van der Waals surface area contributed by atoms with Crippen molar-refractivity contribution in [2.24, 2.45) is 0 Å². The SMILES string of the molecule is O=C(Nc1ccc(F)cc1)NC1CCN(C(=O)c2ccccc2)CC1. The number of urea groups is 1. The van der Waals surface area contributed by atoms with Crippen LogP contribution in [0.25, 0.3) is 0 Å². The number of benzene rings is 2. The maximum atomic E-state index is 12.9. The van der Waals surface area contributed by atoms with Gasteiger partial charge in [0.2, 0.25) is 0 Å². The largest absolute Gasteiger partial charge is 0.338 e. The lowest BCUT2D eigenvalue weighted by molar-refractivity contribution is 0.0709. The van der Waals surface area contributed by atoms with Crippen molar-refractivity contribution in [2.45, 2.75) is 18.9 Å². The van der Waals surface area contributed by atoms with Gasteiger partial charge >= 0.3 is 6.03 Å². The molecule has 2 aromatic carbocycles. The molecule has 6 heteroatoms. The molecule has 1 aliphatic heterocycles. The predicted octanol–water partition coefficient (Wildman–Crippen LogP) is 3.25. The van der Waals surface area contributed by atoms with Crippen LogP contribution in [-0.4, -0.2) is 36.0 Å². The zero-order valence-electron chi connectivity index (χ0n) is 13.7. The van der Waals surface area contributed by atoms with Gasteiger partial charge in [0.25, 0.3) is 5.91 Å². The summed E-state index contributed by atoms with van der Waals surface area (Å²) in [6, 6.07) is 14.5. The highest BCUT2D eigenvalue weighted by molar-refractivity contribution is 5.94. The fourth-order valence-corrected chi connectivity index (χ4v) is 2.88. The number of likely N-dealkylation sites (tertiary alicyclic amines) is 1. The molecule has 2 aromatic rings. The Hall–Kier alpha value is -2.89. The molecule has 0 atom stereocenters. The summed E-state index contributed by atoms with van der Waals surface area (Å²) in [6.45, 7) is 1.21. The van der Waals surface area contributed by atoms with E-state index in [1.165, 1.54) is 24.3 Å². The monoisotopic (exact) mass is 341 g/mol. The minimum atomic E-state index is -0.346. The third kappa shape index (κ3) is 4.56. The van der Waals surface area contributed by atoms with E-state index < -0.39 is 0 Å². The van der Waals surface area contributed by atoms with Crippen molar-refractivity contribution in [2.75, 3.05) is 18.4 Å². The third-order valence-corrected chi connectivity index (χ3v) is 4.24. The van der Waals surface area contributed by atoms with Crippen molar-refractivity contribution < 1.29 is 14.0 Å². The molecule has 130 valence electrons. The number of carbonyl (C=O) groups excluding carboxylic acids is 2. The predicted molar refractivity (Wildman–Crippen MR) is 93.9 cm³/mol. The fourth-order valence-electron chi connectivity index (χ4n) is 2.88. The van der Waals surface area contributed by atoms with Crippen LogP contribution in [-0.2, 0) is 0 Å². The van der Waals surface area contributed by atoms with E-state index in [1.807, 2.05) is 35.2 Å². The van der Waals surface area contributed by atoms with Gasteiger partial charge in [0.05, 0.1) is 0 Å². The number of halogens is 1. The smallest absolute Gasteiger partial charge is 0.319 e. The second-order valence-corrected chi connectivity index (χ2v) is 6.04. The van der Waals surface area contributed by atoms with E-state index in [1.54, 1.807) is 0 Å². The van der Waals surface area contributed by atoms with Crippen LogP contribution in [0.1, 0.15) is 23.2 Å². The number of amides is 3. The Labute approximate surface area is 145 Å². The first-order chi connectivity index (χ1) is 12.1. The van der Waals surface area contributed by atoms with Gasteiger partial charge in [-0.3, -0.25) is 4.79 Å². The van der Waals surface area contributed by atoms with Gasteiger partial charge in [0.15, 0.2) is 0 Å². The van der Waals surface area contributed by atoms with Gasteiger partial charge in [0.1, 0.15) is 5.82 Å². The lowest BCUT2D eigenvalue weighted by atomic mass is 10.0. The molecule has 0 spiro atoms. The lowest BCUT2D eigenvalue weighted by Gasteiger charge is -2.32. The van der Waals surface area contributed by atoms with E-state index in [4.69, 9.17) is 0 Å². The summed E-state index contributed by atoms with van der Waals surface area (Å²) in [6.07, 6.45) is 1.41. The summed E-state index contributed by atoms with van der Waals surface area (Å²) in [7, 11) is 0. The Balaban J connectivity index is 1.46. The van der Waals surface area contributed by atoms with Gasteiger partial charge in [-0.25, -0.2) is 9.18 Å². The number of nitrogens with one attached hydrogen (secondary N) is 2. The molecule has 1 fully saturated rings. The first-order valence-corrected chi connectivity index (χ1v) is 8.29. The van der Waals surface area contributed by atoms with Gasteiger partial charge in [-0.2, -0.15) is 0 Å². The molecule has 2 N–H and O–H groups in total. The first-order valence-electron chi connectivity index (χ1n) is 8.29. The third-order valence-electron chi connectivity index (χ3n) is 4.24. The second kappa shape index (κ2) is 7.79. The van der Waals surface area contributed by atoms with Gasteiger partial charge in [-0.15, -0.1) is 0 Å². The standard InChI is InChI=1S/C19H20FN3O2/c20-15-6-8-16(9-7-15)21-19(25)22-17-10-12-23(13-11-17)18(24)14-4-2-1-3-5-14/h1-9,17H,10-13H2,(H2,21,22,25). The highest BCUT2D eigenvalue weighted by atomic mass is 19.1. The number of carbonyl (C=O) groups is 2. The number of anilines is 1. The Morgan fingerprint density at radius 2 is 1.60 bits per heavy atom. The van der Waals surface area contributed by atoms with Gasteiger partial charge in [-0.1, -0.05) is 18.2 Å². The first kappa shape index (κ1) is 17.0. The lowest BCUT2D eigenvalue weighted by Crippen LogP contribution is -2.47. The molecule has 0 unspecified atom stereocenters. The number of nitrogens with zero attached hydrogens (tertiary/aromatic N) is 1. The molecule has 0 aromatic heterocycles. The quantitative estimate of drug-likeness (QED) is 0.900. The molecule has 1 saturated heterocycles. The minimum Gasteiger partial charge on any atom is -0.338 e. The van der Waals surface area contributed by atoms with Gasteiger partial charge in [-0.05, 0) is 49.2 Å². The molecule has 0 bridgehead atoms. The number of piperidine rings is 1. The molecule has 0 radical (unpaired) electrons. The van der Waals surface area contributed by atoms with Crippen molar-refractivity contribution in [3.05, 3.63) is 66.0 Å². The Bertz CT molecular complexity index is 726. The number of hydrogen-bond acceptors (Lipinski definition) is 2. The van der Waals surface area contributed by atoms with E-state index in [0.29, 0.717) is 37.2 Å². The molecule has 0 aliphatic carbocycles. The van der Waals surface area contributed by atoms with Crippen molar-refractivity contribution in [3.63, 3.8) is 0 Å². The molecular formula is C19H20FN3O2. The summed E-state index contributed by atoms with van der Waals surface area (Å²) < 4.78 is 12.9. The Morgan fingerprint density at radius 1 is 0.960 bits per heavy atom. The average Bonchev–Trinajstić information content (AvgIpc) is 2.64. The normalized spacial score (nSPS) is 14.8. The molecule has 1 aliphatic rings. The van der Waals surface area contributed by atoms with E-state index in [2.05, 4.69) is 10.6 Å². The van der Waals surface area contributed by atoms with E-state index in [9.17, 15) is 14.0 Å². The summed E-state index contributed by atoms with van der Waals surface area (Å²) in [5.41, 5.74) is 1.22. The number of rotatable bonds is 3. The van der Waals surface area contributed by atoms with Crippen molar-refractivity contribution >= 4 is 17.6 Å². The van der Waals surface area contributed by atoms with Crippen LogP contribution in [0.3, 0.4) is 0 Å². The summed E-state index contributed by atoms with van der Waals surface area (Å²) in [4.78, 5) is 26.2. The van der Waals surface area contributed by atoms with E-state index >= 15 is 0 Å². The van der Waals surface area contributed by atoms with Crippen molar-refractivity contribution in [1.29, 1.82) is 0 Å². The van der Waals surface area contributed by atoms with Crippen LogP contribution in [0.2, 0.25) is 0 Å². The van der Waals surface area contributed by atoms with Crippen LogP contribution in [0.15, 0.2) is 54.6 Å². The average molecular weight is 341 g/mol. The zero-order valence-corrected chi connectivity index (χ0v) is 13.7. The molecule has 3 amide bonds. The molecule has 0 saturated carbocycles. The fraction of sp³-hybridized carbons (Fsp3) is 0.263. The maximum absolute atomic E-state index is 12.9. The second-order valence-electron chi connectivity index (χ2n) is 6.04. The maximum Gasteiger partial charge on any atom is 0.319 e. The van der Waals surface area contributed by atoms with Crippen molar-refractivity contribution in [1.82, 2.24) is 10.2 Å². The molecule has 3 rings (SSSR count). The van der Waals surface area contributed by atoms with E-state index in [0.717, 1.165) is 0 Å².